The Bertz CT molecular complexity index is 787. The van der Waals surface area contributed by atoms with Gasteiger partial charge in [-0.3, -0.25) is 4.90 Å². The third-order valence-corrected chi connectivity index (χ3v) is 4.24. The molecule has 1 fully saturated rings. The quantitative estimate of drug-likeness (QED) is 0.673. The molecule has 4 heterocycles. The molecular formula is C15H19N9. The molecule has 0 N–H and O–H groups in total. The number of rotatable bonds is 4. The molecule has 1 aliphatic rings. The summed E-state index contributed by atoms with van der Waals surface area (Å²) in [6, 6.07) is 3.86. The first-order chi connectivity index (χ1) is 11.8. The van der Waals surface area contributed by atoms with Gasteiger partial charge in [-0.05, 0) is 6.07 Å². The highest BCUT2D eigenvalue weighted by Crippen LogP contribution is 2.16. The van der Waals surface area contributed by atoms with E-state index < -0.39 is 0 Å². The number of hydrogen-bond donors (Lipinski definition) is 0. The second-order valence-corrected chi connectivity index (χ2v) is 5.81. The predicted molar refractivity (Wildman–Crippen MR) is 87.6 cm³/mol. The molecule has 0 unspecified atom stereocenters. The van der Waals surface area contributed by atoms with Gasteiger partial charge in [-0.25, -0.2) is 14.6 Å². The van der Waals surface area contributed by atoms with Crippen LogP contribution in [0.1, 0.15) is 5.82 Å². The van der Waals surface area contributed by atoms with Crippen LogP contribution in [0, 0.1) is 0 Å². The van der Waals surface area contributed by atoms with E-state index in [0.717, 1.165) is 50.2 Å². The number of piperazine rings is 1. The fourth-order valence-corrected chi connectivity index (χ4v) is 2.83. The number of hydrogen-bond acceptors (Lipinski definition) is 7. The lowest BCUT2D eigenvalue weighted by Gasteiger charge is -2.35. The average Bonchev–Trinajstić information content (AvgIpc) is 3.28. The molecule has 0 atom stereocenters. The zero-order valence-corrected chi connectivity index (χ0v) is 13.5. The number of aromatic nitrogens is 7. The van der Waals surface area contributed by atoms with E-state index in [-0.39, 0.29) is 0 Å². The third-order valence-electron chi connectivity index (χ3n) is 4.24. The van der Waals surface area contributed by atoms with Crippen molar-refractivity contribution in [3.63, 3.8) is 0 Å². The first-order valence-electron chi connectivity index (χ1n) is 7.92. The Kier molecular flexibility index (Phi) is 3.91. The molecule has 0 radical (unpaired) electrons. The SMILES string of the molecule is Cn1cnnc1CN1CCN(c2cc(-n3cccn3)ncn2)CC1. The second-order valence-electron chi connectivity index (χ2n) is 5.81. The van der Waals surface area contributed by atoms with Crippen LogP contribution in [0.5, 0.6) is 0 Å². The fourth-order valence-electron chi connectivity index (χ4n) is 2.83. The molecule has 9 nitrogen and oxygen atoms in total. The lowest BCUT2D eigenvalue weighted by atomic mass is 10.3. The van der Waals surface area contributed by atoms with Crippen molar-refractivity contribution >= 4 is 5.82 Å². The van der Waals surface area contributed by atoms with Crippen LogP contribution in [0.3, 0.4) is 0 Å². The summed E-state index contributed by atoms with van der Waals surface area (Å²) in [4.78, 5) is 13.4. The molecule has 0 saturated carbocycles. The Morgan fingerprint density at radius 2 is 1.92 bits per heavy atom. The van der Waals surface area contributed by atoms with Gasteiger partial charge < -0.3 is 9.47 Å². The highest BCUT2D eigenvalue weighted by atomic mass is 15.3. The van der Waals surface area contributed by atoms with Crippen molar-refractivity contribution in [2.45, 2.75) is 6.54 Å². The maximum absolute atomic E-state index is 4.42. The minimum Gasteiger partial charge on any atom is -0.354 e. The van der Waals surface area contributed by atoms with E-state index in [2.05, 4.69) is 35.1 Å². The Hall–Kier alpha value is -2.81. The van der Waals surface area contributed by atoms with Gasteiger partial charge in [0, 0.05) is 51.7 Å². The molecule has 3 aromatic rings. The van der Waals surface area contributed by atoms with E-state index in [1.807, 2.05) is 29.9 Å². The second kappa shape index (κ2) is 6.36. The van der Waals surface area contributed by atoms with Crippen LogP contribution in [-0.4, -0.2) is 65.6 Å². The molecule has 1 saturated heterocycles. The highest BCUT2D eigenvalue weighted by molar-refractivity contribution is 5.43. The molecule has 1 aliphatic heterocycles. The smallest absolute Gasteiger partial charge is 0.158 e. The van der Waals surface area contributed by atoms with Crippen molar-refractivity contribution in [2.75, 3.05) is 31.1 Å². The molecule has 4 rings (SSSR count). The fraction of sp³-hybridized carbons (Fsp3) is 0.400. The first kappa shape index (κ1) is 14.8. The van der Waals surface area contributed by atoms with Crippen molar-refractivity contribution in [3.05, 3.63) is 43.0 Å². The normalized spacial score (nSPS) is 15.8. The van der Waals surface area contributed by atoms with Crippen LogP contribution in [0.2, 0.25) is 0 Å². The van der Waals surface area contributed by atoms with Gasteiger partial charge in [0.15, 0.2) is 5.82 Å². The van der Waals surface area contributed by atoms with E-state index in [1.165, 1.54) is 0 Å². The van der Waals surface area contributed by atoms with Crippen molar-refractivity contribution < 1.29 is 0 Å². The maximum Gasteiger partial charge on any atom is 0.158 e. The molecule has 0 spiro atoms. The maximum atomic E-state index is 4.42. The van der Waals surface area contributed by atoms with Crippen molar-refractivity contribution in [3.8, 4) is 5.82 Å². The van der Waals surface area contributed by atoms with Gasteiger partial charge >= 0.3 is 0 Å². The van der Waals surface area contributed by atoms with Crippen LogP contribution in [0.4, 0.5) is 5.82 Å². The van der Waals surface area contributed by atoms with Gasteiger partial charge in [0.05, 0.1) is 6.54 Å². The Balaban J connectivity index is 1.41. The van der Waals surface area contributed by atoms with E-state index in [0.29, 0.717) is 0 Å². The summed E-state index contributed by atoms with van der Waals surface area (Å²) < 4.78 is 3.71. The first-order valence-corrected chi connectivity index (χ1v) is 7.92. The van der Waals surface area contributed by atoms with E-state index in [4.69, 9.17) is 0 Å². The minimum absolute atomic E-state index is 0.784. The predicted octanol–water partition coefficient (Wildman–Crippen LogP) is 0.113. The average molecular weight is 325 g/mol. The third kappa shape index (κ3) is 2.98. The summed E-state index contributed by atoms with van der Waals surface area (Å²) >= 11 is 0. The Morgan fingerprint density at radius 3 is 2.62 bits per heavy atom. The minimum atomic E-state index is 0.784. The zero-order chi connectivity index (χ0) is 16.4. The molecule has 24 heavy (non-hydrogen) atoms. The molecule has 9 heteroatoms. The largest absolute Gasteiger partial charge is 0.354 e. The summed E-state index contributed by atoms with van der Waals surface area (Å²) in [7, 11) is 1.98. The Labute approximate surface area is 139 Å². The summed E-state index contributed by atoms with van der Waals surface area (Å²) in [5.41, 5.74) is 0. The number of nitrogens with zero attached hydrogens (tertiary/aromatic N) is 9. The van der Waals surface area contributed by atoms with Gasteiger partial charge in [0.2, 0.25) is 0 Å². The summed E-state index contributed by atoms with van der Waals surface area (Å²) in [5, 5.41) is 12.3. The molecule has 0 aliphatic carbocycles. The lowest BCUT2D eigenvalue weighted by Crippen LogP contribution is -2.46. The van der Waals surface area contributed by atoms with E-state index in [9.17, 15) is 0 Å². The zero-order valence-electron chi connectivity index (χ0n) is 13.5. The number of aryl methyl sites for hydroxylation is 1. The summed E-state index contributed by atoms with van der Waals surface area (Å²) in [6.07, 6.45) is 6.96. The van der Waals surface area contributed by atoms with Gasteiger partial charge in [-0.15, -0.1) is 10.2 Å². The van der Waals surface area contributed by atoms with Crippen molar-refractivity contribution in [2.24, 2.45) is 7.05 Å². The Morgan fingerprint density at radius 1 is 1.08 bits per heavy atom. The van der Waals surface area contributed by atoms with Crippen molar-refractivity contribution in [1.82, 2.24) is 39.4 Å². The van der Waals surface area contributed by atoms with Crippen LogP contribution in [-0.2, 0) is 13.6 Å². The molecule has 0 amide bonds. The molecular weight excluding hydrogens is 306 g/mol. The van der Waals surface area contributed by atoms with E-state index in [1.54, 1.807) is 23.5 Å². The van der Waals surface area contributed by atoms with Gasteiger partial charge in [0.25, 0.3) is 0 Å². The summed E-state index contributed by atoms with van der Waals surface area (Å²) in [6.45, 7) is 4.61. The standard InChI is InChI=1S/C15H19N9/c1-21-12-18-20-15(21)10-22-5-7-23(8-6-22)13-9-14(17-11-16-13)24-4-2-3-19-24/h2-4,9,11-12H,5-8,10H2,1H3. The number of anilines is 1. The van der Waals surface area contributed by atoms with Crippen LogP contribution in [0.25, 0.3) is 5.82 Å². The van der Waals surface area contributed by atoms with E-state index >= 15 is 0 Å². The summed E-state index contributed by atoms with van der Waals surface area (Å²) in [5.74, 6) is 2.71. The molecule has 3 aromatic heterocycles. The van der Waals surface area contributed by atoms with Crippen molar-refractivity contribution in [1.29, 1.82) is 0 Å². The van der Waals surface area contributed by atoms with Gasteiger partial charge in [-0.1, -0.05) is 0 Å². The monoisotopic (exact) mass is 325 g/mol. The van der Waals surface area contributed by atoms with Crippen LogP contribution < -0.4 is 4.90 Å². The topological polar surface area (TPSA) is 80.8 Å². The van der Waals surface area contributed by atoms with Crippen LogP contribution in [0.15, 0.2) is 37.2 Å². The van der Waals surface area contributed by atoms with Gasteiger partial charge in [-0.2, -0.15) is 5.10 Å². The van der Waals surface area contributed by atoms with Crippen LogP contribution >= 0.6 is 0 Å². The molecule has 0 bridgehead atoms. The van der Waals surface area contributed by atoms with Gasteiger partial charge in [0.1, 0.15) is 24.3 Å². The lowest BCUT2D eigenvalue weighted by molar-refractivity contribution is 0.241. The molecule has 0 aromatic carbocycles. The highest BCUT2D eigenvalue weighted by Gasteiger charge is 2.20. The molecule has 124 valence electrons.